The largest absolute Gasteiger partial charge is 0.369 e. The molecule has 1 saturated heterocycles. The summed E-state index contributed by atoms with van der Waals surface area (Å²) in [6, 6.07) is 17.7. The smallest absolute Gasteiger partial charge is 0.137 e. The van der Waals surface area contributed by atoms with Crippen LogP contribution in [0.5, 0.6) is 0 Å². The van der Waals surface area contributed by atoms with E-state index in [2.05, 4.69) is 59.1 Å². The zero-order chi connectivity index (χ0) is 25.5. The second-order valence-electron chi connectivity index (χ2n) is 9.99. The number of nitrogens with one attached hydrogen (secondary N) is 1. The van der Waals surface area contributed by atoms with Crippen LogP contribution in [0.3, 0.4) is 0 Å². The van der Waals surface area contributed by atoms with Crippen LogP contribution in [0.2, 0.25) is 0 Å². The third-order valence-electron chi connectivity index (χ3n) is 7.47. The summed E-state index contributed by atoms with van der Waals surface area (Å²) in [5, 5.41) is 5.86. The lowest BCUT2D eigenvalue weighted by molar-refractivity contribution is 0.313. The zero-order valence-electron chi connectivity index (χ0n) is 21.5. The summed E-state index contributed by atoms with van der Waals surface area (Å²) in [5.74, 6) is -0.231. The average Bonchev–Trinajstić information content (AvgIpc) is 3.43. The molecular formula is C30H31FN6. The van der Waals surface area contributed by atoms with Crippen LogP contribution in [0.15, 0.2) is 67.0 Å². The minimum Gasteiger partial charge on any atom is -0.369 e. The fourth-order valence-electron chi connectivity index (χ4n) is 5.35. The van der Waals surface area contributed by atoms with Crippen molar-refractivity contribution in [1.82, 2.24) is 24.6 Å². The van der Waals surface area contributed by atoms with Gasteiger partial charge in [0.05, 0.1) is 12.2 Å². The standard InChI is InChI=1S/C30H31FN6/c1-20-29(21(2)37(34-20)19-22-5-4-6-25(31)15-22)28-18-33-30-27(28)16-24(17-32-30)23-7-9-26(10-8-23)36-13-11-35(3)12-14-36/h4-10,15-18H,11-14,19H2,1-3H3,(H,32,33). The first-order valence-corrected chi connectivity index (χ1v) is 12.8. The topological polar surface area (TPSA) is 53.0 Å². The number of halogens is 1. The molecule has 1 fully saturated rings. The van der Waals surface area contributed by atoms with Crippen LogP contribution in [0, 0.1) is 19.7 Å². The maximum atomic E-state index is 13.7. The molecule has 0 unspecified atom stereocenters. The van der Waals surface area contributed by atoms with Crippen LogP contribution in [-0.4, -0.2) is 57.9 Å². The molecule has 0 saturated carbocycles. The number of anilines is 1. The normalized spacial score (nSPS) is 14.5. The van der Waals surface area contributed by atoms with E-state index in [4.69, 9.17) is 10.1 Å². The summed E-state index contributed by atoms with van der Waals surface area (Å²) in [7, 11) is 2.18. The number of fused-ring (bicyclic) bond motifs is 1. The molecule has 1 aliphatic rings. The molecular weight excluding hydrogens is 463 g/mol. The molecule has 5 aromatic rings. The van der Waals surface area contributed by atoms with E-state index < -0.39 is 0 Å². The van der Waals surface area contributed by atoms with Crippen LogP contribution >= 0.6 is 0 Å². The molecule has 0 atom stereocenters. The number of H-pyrrole nitrogens is 1. The lowest BCUT2D eigenvalue weighted by Gasteiger charge is -2.34. The fraction of sp³-hybridized carbons (Fsp3) is 0.267. The molecule has 1 N–H and O–H groups in total. The fourth-order valence-corrected chi connectivity index (χ4v) is 5.35. The van der Waals surface area contributed by atoms with E-state index >= 15 is 0 Å². The number of likely N-dealkylation sites (N-methyl/N-ethyl adjacent to an activating group) is 1. The SMILES string of the molecule is Cc1nn(Cc2cccc(F)c2)c(C)c1-c1c[nH]c2ncc(-c3ccc(N4CCN(C)CC4)cc3)cc12. The van der Waals surface area contributed by atoms with Gasteiger partial charge in [-0.25, -0.2) is 9.37 Å². The van der Waals surface area contributed by atoms with Gasteiger partial charge in [-0.2, -0.15) is 5.10 Å². The molecule has 37 heavy (non-hydrogen) atoms. The number of piperazine rings is 1. The van der Waals surface area contributed by atoms with Gasteiger partial charge in [0.25, 0.3) is 0 Å². The van der Waals surface area contributed by atoms with E-state index in [1.165, 1.54) is 11.8 Å². The summed E-state index contributed by atoms with van der Waals surface area (Å²) >= 11 is 0. The first-order chi connectivity index (χ1) is 18.0. The van der Waals surface area contributed by atoms with Crippen molar-refractivity contribution in [3.05, 3.63) is 89.8 Å². The van der Waals surface area contributed by atoms with Crippen LogP contribution < -0.4 is 4.90 Å². The Hall–Kier alpha value is -3.97. The van der Waals surface area contributed by atoms with Gasteiger partial charge in [-0.3, -0.25) is 4.68 Å². The second-order valence-corrected chi connectivity index (χ2v) is 9.99. The van der Waals surface area contributed by atoms with Crippen LogP contribution in [0.4, 0.5) is 10.1 Å². The Balaban J connectivity index is 1.31. The number of benzene rings is 2. The van der Waals surface area contributed by atoms with E-state index in [0.29, 0.717) is 6.54 Å². The number of aryl methyl sites for hydroxylation is 1. The van der Waals surface area contributed by atoms with Crippen molar-refractivity contribution in [3.63, 3.8) is 0 Å². The number of rotatable bonds is 5. The van der Waals surface area contributed by atoms with Gasteiger partial charge in [0.15, 0.2) is 0 Å². The van der Waals surface area contributed by atoms with E-state index in [1.807, 2.05) is 30.1 Å². The predicted octanol–water partition coefficient (Wildman–Crippen LogP) is 5.65. The summed E-state index contributed by atoms with van der Waals surface area (Å²) in [6.07, 6.45) is 3.95. The highest BCUT2D eigenvalue weighted by atomic mass is 19.1. The monoisotopic (exact) mass is 494 g/mol. The molecule has 0 bridgehead atoms. The van der Waals surface area contributed by atoms with Crippen molar-refractivity contribution in [3.8, 4) is 22.3 Å². The Kier molecular flexibility index (Phi) is 6.00. The van der Waals surface area contributed by atoms with Crippen molar-refractivity contribution in [2.24, 2.45) is 0 Å². The van der Waals surface area contributed by atoms with E-state index in [1.54, 1.807) is 12.1 Å². The maximum absolute atomic E-state index is 13.7. The van der Waals surface area contributed by atoms with E-state index in [-0.39, 0.29) is 5.82 Å². The molecule has 188 valence electrons. The Morgan fingerprint density at radius 3 is 2.49 bits per heavy atom. The van der Waals surface area contributed by atoms with Gasteiger partial charge in [0.2, 0.25) is 0 Å². The highest BCUT2D eigenvalue weighted by molar-refractivity contribution is 5.97. The van der Waals surface area contributed by atoms with Gasteiger partial charge in [-0.15, -0.1) is 0 Å². The first-order valence-electron chi connectivity index (χ1n) is 12.8. The van der Waals surface area contributed by atoms with Crippen molar-refractivity contribution in [2.75, 3.05) is 38.1 Å². The van der Waals surface area contributed by atoms with Crippen molar-refractivity contribution in [1.29, 1.82) is 0 Å². The Morgan fingerprint density at radius 2 is 1.73 bits per heavy atom. The van der Waals surface area contributed by atoms with E-state index in [9.17, 15) is 4.39 Å². The highest BCUT2D eigenvalue weighted by Gasteiger charge is 2.19. The Morgan fingerprint density at radius 1 is 0.946 bits per heavy atom. The van der Waals surface area contributed by atoms with E-state index in [0.717, 1.165) is 76.4 Å². The summed E-state index contributed by atoms with van der Waals surface area (Å²) in [6.45, 7) is 8.92. The molecule has 7 heteroatoms. The molecule has 3 aromatic heterocycles. The van der Waals surface area contributed by atoms with Crippen molar-refractivity contribution >= 4 is 16.7 Å². The summed E-state index contributed by atoms with van der Waals surface area (Å²) in [5.41, 5.74) is 9.40. The molecule has 6 nitrogen and oxygen atoms in total. The van der Waals surface area contributed by atoms with Gasteiger partial charge in [-0.1, -0.05) is 24.3 Å². The third-order valence-corrected chi connectivity index (χ3v) is 7.47. The summed E-state index contributed by atoms with van der Waals surface area (Å²) < 4.78 is 15.7. The van der Waals surface area contributed by atoms with Crippen LogP contribution in [0.25, 0.3) is 33.3 Å². The maximum Gasteiger partial charge on any atom is 0.137 e. The number of nitrogens with zero attached hydrogens (tertiary/aromatic N) is 5. The number of aromatic amines is 1. The lowest BCUT2D eigenvalue weighted by atomic mass is 10.0. The van der Waals surface area contributed by atoms with Crippen LogP contribution in [0.1, 0.15) is 17.0 Å². The molecule has 1 aliphatic heterocycles. The molecule has 6 rings (SSSR count). The molecule has 2 aromatic carbocycles. The molecule has 4 heterocycles. The van der Waals surface area contributed by atoms with Gasteiger partial charge in [0.1, 0.15) is 11.5 Å². The molecule has 0 radical (unpaired) electrons. The van der Waals surface area contributed by atoms with Crippen molar-refractivity contribution < 1.29 is 4.39 Å². The minimum atomic E-state index is -0.231. The third kappa shape index (κ3) is 4.51. The lowest BCUT2D eigenvalue weighted by Crippen LogP contribution is -2.44. The highest BCUT2D eigenvalue weighted by Crippen LogP contribution is 2.35. The van der Waals surface area contributed by atoms with Gasteiger partial charge in [-0.05, 0) is 62.4 Å². The number of hydrogen-bond donors (Lipinski definition) is 1. The number of pyridine rings is 1. The quantitative estimate of drug-likeness (QED) is 0.343. The van der Waals surface area contributed by atoms with Crippen molar-refractivity contribution in [2.45, 2.75) is 20.4 Å². The summed E-state index contributed by atoms with van der Waals surface area (Å²) in [4.78, 5) is 12.9. The van der Waals surface area contributed by atoms with Gasteiger partial charge < -0.3 is 14.8 Å². The van der Waals surface area contributed by atoms with Gasteiger partial charge >= 0.3 is 0 Å². The number of hydrogen-bond acceptors (Lipinski definition) is 4. The molecule has 0 aliphatic carbocycles. The van der Waals surface area contributed by atoms with Gasteiger partial charge in [0, 0.05) is 72.0 Å². The van der Waals surface area contributed by atoms with Crippen LogP contribution in [-0.2, 0) is 6.54 Å². The Labute approximate surface area is 216 Å². The molecule has 0 amide bonds. The second kappa shape index (κ2) is 9.48. The first kappa shape index (κ1) is 23.4. The predicted molar refractivity (Wildman–Crippen MR) is 147 cm³/mol. The minimum absolute atomic E-state index is 0.231. The average molecular weight is 495 g/mol. The zero-order valence-corrected chi connectivity index (χ0v) is 21.5. The molecule has 0 spiro atoms. The number of aromatic nitrogens is 4. The Bertz CT molecular complexity index is 1560.